The predicted octanol–water partition coefficient (Wildman–Crippen LogP) is 1.76. The average Bonchev–Trinajstić information content (AvgIpc) is 2.39. The second kappa shape index (κ2) is 8.00. The van der Waals surface area contributed by atoms with Crippen molar-refractivity contribution in [2.75, 3.05) is 11.9 Å². The van der Waals surface area contributed by atoms with Gasteiger partial charge in [-0.05, 0) is 43.4 Å². The smallest absolute Gasteiger partial charge is 0.330 e. The van der Waals surface area contributed by atoms with Crippen LogP contribution in [-0.2, 0) is 14.3 Å². The zero-order chi connectivity index (χ0) is 15.0. The van der Waals surface area contributed by atoms with Crippen molar-refractivity contribution in [2.24, 2.45) is 0 Å². The van der Waals surface area contributed by atoms with Gasteiger partial charge in [0.05, 0.1) is 6.61 Å². The molecule has 5 nitrogen and oxygen atoms in total. The van der Waals surface area contributed by atoms with Crippen LogP contribution in [0.4, 0.5) is 10.1 Å². The number of hydrogen-bond acceptors (Lipinski definition) is 4. The number of thiocarbonyl (C=S) groups is 1. The molecule has 0 saturated carbocycles. The normalized spacial score (nSPS) is 10.1. The van der Waals surface area contributed by atoms with Crippen molar-refractivity contribution in [1.29, 1.82) is 0 Å². The molecule has 1 rings (SSSR count). The van der Waals surface area contributed by atoms with E-state index in [1.165, 1.54) is 24.3 Å². The second-order valence-electron chi connectivity index (χ2n) is 3.54. The summed E-state index contributed by atoms with van der Waals surface area (Å²) < 4.78 is 17.3. The van der Waals surface area contributed by atoms with Crippen LogP contribution in [0.2, 0.25) is 0 Å². The summed E-state index contributed by atoms with van der Waals surface area (Å²) in [6.07, 6.45) is 2.01. The Balaban J connectivity index is 2.44. The Morgan fingerprint density at radius 3 is 2.55 bits per heavy atom. The van der Waals surface area contributed by atoms with E-state index in [2.05, 4.69) is 15.4 Å². The highest BCUT2D eigenvalue weighted by atomic mass is 32.1. The number of nitrogens with one attached hydrogen (secondary N) is 2. The van der Waals surface area contributed by atoms with Crippen molar-refractivity contribution in [3.8, 4) is 0 Å². The van der Waals surface area contributed by atoms with Crippen LogP contribution in [0.1, 0.15) is 6.92 Å². The average molecular weight is 296 g/mol. The SMILES string of the molecule is CCOC(=O)C=CC(=O)NC(=S)Nc1ccc(F)cc1. The van der Waals surface area contributed by atoms with Gasteiger partial charge in [-0.1, -0.05) is 0 Å². The van der Waals surface area contributed by atoms with Crippen LogP contribution < -0.4 is 10.6 Å². The van der Waals surface area contributed by atoms with Gasteiger partial charge in [0.25, 0.3) is 0 Å². The van der Waals surface area contributed by atoms with Gasteiger partial charge < -0.3 is 10.1 Å². The first-order valence-corrected chi connectivity index (χ1v) is 6.14. The van der Waals surface area contributed by atoms with Crippen molar-refractivity contribution in [3.05, 3.63) is 42.2 Å². The first-order chi connectivity index (χ1) is 9.51. The minimum atomic E-state index is -0.611. The number of amides is 1. The van der Waals surface area contributed by atoms with Gasteiger partial charge in [0.15, 0.2) is 5.11 Å². The zero-order valence-electron chi connectivity index (χ0n) is 10.7. The van der Waals surface area contributed by atoms with Crippen molar-refractivity contribution in [2.45, 2.75) is 6.92 Å². The van der Waals surface area contributed by atoms with Crippen LogP contribution in [0, 0.1) is 5.82 Å². The topological polar surface area (TPSA) is 67.4 Å². The van der Waals surface area contributed by atoms with E-state index in [0.717, 1.165) is 12.2 Å². The summed E-state index contributed by atoms with van der Waals surface area (Å²) in [5.41, 5.74) is 0.533. The highest BCUT2D eigenvalue weighted by Crippen LogP contribution is 2.07. The van der Waals surface area contributed by atoms with Gasteiger partial charge in [0, 0.05) is 17.8 Å². The molecule has 0 aliphatic rings. The lowest BCUT2D eigenvalue weighted by molar-refractivity contribution is -0.137. The van der Waals surface area contributed by atoms with Crippen LogP contribution in [0.5, 0.6) is 0 Å². The third kappa shape index (κ3) is 6.05. The number of esters is 1. The van der Waals surface area contributed by atoms with Gasteiger partial charge in [0.1, 0.15) is 5.82 Å². The van der Waals surface area contributed by atoms with Crippen LogP contribution in [-0.4, -0.2) is 23.6 Å². The van der Waals surface area contributed by atoms with Crippen LogP contribution in [0.3, 0.4) is 0 Å². The Kier molecular flexibility index (Phi) is 6.31. The molecule has 0 atom stereocenters. The van der Waals surface area contributed by atoms with Crippen molar-refractivity contribution in [3.63, 3.8) is 0 Å². The van der Waals surface area contributed by atoms with E-state index in [-0.39, 0.29) is 17.5 Å². The van der Waals surface area contributed by atoms with E-state index in [0.29, 0.717) is 5.69 Å². The third-order valence-corrected chi connectivity index (χ3v) is 2.20. The summed E-state index contributed by atoms with van der Waals surface area (Å²) in [6.45, 7) is 1.89. The molecular weight excluding hydrogens is 283 g/mol. The molecule has 7 heteroatoms. The molecule has 0 radical (unpaired) electrons. The van der Waals surface area contributed by atoms with Gasteiger partial charge in [-0.15, -0.1) is 0 Å². The molecule has 1 amide bonds. The number of rotatable bonds is 4. The van der Waals surface area contributed by atoms with Crippen molar-refractivity contribution in [1.82, 2.24) is 5.32 Å². The number of ether oxygens (including phenoxy) is 1. The molecule has 0 aliphatic heterocycles. The summed E-state index contributed by atoms with van der Waals surface area (Å²) in [6, 6.07) is 5.46. The third-order valence-electron chi connectivity index (χ3n) is 2.00. The fourth-order valence-corrected chi connectivity index (χ4v) is 1.40. The molecule has 20 heavy (non-hydrogen) atoms. The van der Waals surface area contributed by atoms with E-state index in [1.54, 1.807) is 6.92 Å². The van der Waals surface area contributed by atoms with E-state index in [9.17, 15) is 14.0 Å². The number of anilines is 1. The highest BCUT2D eigenvalue weighted by molar-refractivity contribution is 7.80. The van der Waals surface area contributed by atoms with Crippen LogP contribution >= 0.6 is 12.2 Å². The first-order valence-electron chi connectivity index (χ1n) is 5.73. The number of benzene rings is 1. The summed E-state index contributed by atoms with van der Waals surface area (Å²) in [5, 5.41) is 5.07. The van der Waals surface area contributed by atoms with E-state index < -0.39 is 11.9 Å². The highest BCUT2D eigenvalue weighted by Gasteiger charge is 2.03. The number of hydrogen-bond donors (Lipinski definition) is 2. The Labute approximate surface area is 120 Å². The maximum atomic E-state index is 12.7. The number of carbonyl (C=O) groups excluding carboxylic acids is 2. The first kappa shape index (κ1) is 15.8. The Morgan fingerprint density at radius 1 is 1.30 bits per heavy atom. The van der Waals surface area contributed by atoms with Gasteiger partial charge >= 0.3 is 5.97 Å². The lowest BCUT2D eigenvalue weighted by Crippen LogP contribution is -2.32. The molecule has 0 saturated heterocycles. The van der Waals surface area contributed by atoms with Gasteiger partial charge in [0.2, 0.25) is 5.91 Å². The van der Waals surface area contributed by atoms with E-state index in [4.69, 9.17) is 12.2 Å². The molecule has 2 N–H and O–H groups in total. The van der Waals surface area contributed by atoms with Gasteiger partial charge in [-0.2, -0.15) is 0 Å². The molecule has 0 bridgehead atoms. The van der Waals surface area contributed by atoms with Crippen LogP contribution in [0.25, 0.3) is 0 Å². The predicted molar refractivity (Wildman–Crippen MR) is 76.5 cm³/mol. The monoisotopic (exact) mass is 296 g/mol. The number of halogens is 1. The maximum Gasteiger partial charge on any atom is 0.330 e. The lowest BCUT2D eigenvalue weighted by atomic mass is 10.3. The Hall–Kier alpha value is -2.28. The van der Waals surface area contributed by atoms with E-state index in [1.807, 2.05) is 0 Å². The molecule has 0 spiro atoms. The van der Waals surface area contributed by atoms with Crippen molar-refractivity contribution < 1.29 is 18.7 Å². The summed E-state index contributed by atoms with van der Waals surface area (Å²) in [5.74, 6) is -1.55. The second-order valence-corrected chi connectivity index (χ2v) is 3.94. The molecule has 106 valence electrons. The molecular formula is C13H13FN2O3S. The van der Waals surface area contributed by atoms with Crippen LogP contribution in [0.15, 0.2) is 36.4 Å². The molecule has 1 aromatic carbocycles. The summed E-state index contributed by atoms with van der Waals surface area (Å²) >= 11 is 4.89. The summed E-state index contributed by atoms with van der Waals surface area (Å²) in [7, 11) is 0. The Bertz CT molecular complexity index is 529. The minimum Gasteiger partial charge on any atom is -0.463 e. The zero-order valence-corrected chi connectivity index (χ0v) is 11.5. The molecule has 0 heterocycles. The molecule has 0 unspecified atom stereocenters. The van der Waals surface area contributed by atoms with Gasteiger partial charge in [-0.25, -0.2) is 9.18 Å². The largest absolute Gasteiger partial charge is 0.463 e. The molecule has 0 fully saturated rings. The molecule has 0 aliphatic carbocycles. The minimum absolute atomic E-state index is 0.0371. The standard InChI is InChI=1S/C13H13FN2O3S/c1-2-19-12(18)8-7-11(17)16-13(20)15-10-5-3-9(14)4-6-10/h3-8H,2H2,1H3,(H2,15,16,17,20). The van der Waals surface area contributed by atoms with E-state index >= 15 is 0 Å². The quantitative estimate of drug-likeness (QED) is 0.503. The Morgan fingerprint density at radius 2 is 1.95 bits per heavy atom. The summed E-state index contributed by atoms with van der Waals surface area (Å²) in [4.78, 5) is 22.4. The fraction of sp³-hybridized carbons (Fsp3) is 0.154. The lowest BCUT2D eigenvalue weighted by Gasteiger charge is -2.07. The molecule has 0 aromatic heterocycles. The van der Waals surface area contributed by atoms with Gasteiger partial charge in [-0.3, -0.25) is 10.1 Å². The fourth-order valence-electron chi connectivity index (χ4n) is 1.18. The molecule has 1 aromatic rings. The number of carbonyl (C=O) groups is 2. The maximum absolute atomic E-state index is 12.7. The van der Waals surface area contributed by atoms with Crippen molar-refractivity contribution >= 4 is 34.9 Å².